The summed E-state index contributed by atoms with van der Waals surface area (Å²) in [6.45, 7) is 4.77. The highest BCUT2D eigenvalue weighted by Gasteiger charge is 2.23. The SMILES string of the molecule is CC(N)CC(=O)N1CCN(c2nc(N)ns2)CC1. The fourth-order valence-corrected chi connectivity index (χ4v) is 2.55. The molecule has 1 unspecified atom stereocenters. The third-order valence-electron chi connectivity index (χ3n) is 2.83. The number of nitrogens with zero attached hydrogens (tertiary/aromatic N) is 4. The van der Waals surface area contributed by atoms with E-state index in [1.807, 2.05) is 11.8 Å². The summed E-state index contributed by atoms with van der Waals surface area (Å²) < 4.78 is 3.95. The van der Waals surface area contributed by atoms with Crippen LogP contribution in [-0.4, -0.2) is 52.4 Å². The van der Waals surface area contributed by atoms with E-state index in [-0.39, 0.29) is 11.9 Å². The average molecular weight is 270 g/mol. The van der Waals surface area contributed by atoms with Crippen molar-refractivity contribution in [1.82, 2.24) is 14.3 Å². The average Bonchev–Trinajstić information content (AvgIpc) is 2.75. The lowest BCUT2D eigenvalue weighted by atomic mass is 10.2. The molecule has 1 atom stereocenters. The molecule has 4 N–H and O–H groups in total. The number of nitrogens with two attached hydrogens (primary N) is 2. The van der Waals surface area contributed by atoms with Gasteiger partial charge in [-0.2, -0.15) is 9.36 Å². The van der Waals surface area contributed by atoms with E-state index in [4.69, 9.17) is 11.5 Å². The van der Waals surface area contributed by atoms with Crippen molar-refractivity contribution in [2.75, 3.05) is 36.8 Å². The van der Waals surface area contributed by atoms with Crippen molar-refractivity contribution in [2.24, 2.45) is 5.73 Å². The van der Waals surface area contributed by atoms with Gasteiger partial charge in [0, 0.05) is 50.2 Å². The minimum absolute atomic E-state index is 0.0847. The van der Waals surface area contributed by atoms with Gasteiger partial charge < -0.3 is 21.3 Å². The number of rotatable bonds is 3. The highest BCUT2D eigenvalue weighted by atomic mass is 32.1. The molecule has 0 bridgehead atoms. The second-order valence-corrected chi connectivity index (χ2v) is 5.21. The van der Waals surface area contributed by atoms with Crippen LogP contribution in [-0.2, 0) is 4.79 Å². The van der Waals surface area contributed by atoms with Crippen molar-refractivity contribution in [3.8, 4) is 0 Å². The summed E-state index contributed by atoms with van der Waals surface area (Å²) in [5, 5.41) is 0.826. The van der Waals surface area contributed by atoms with Gasteiger partial charge in [0.2, 0.25) is 17.0 Å². The molecule has 2 rings (SSSR count). The van der Waals surface area contributed by atoms with Gasteiger partial charge in [-0.3, -0.25) is 4.79 Å². The predicted molar refractivity (Wildman–Crippen MR) is 71.4 cm³/mol. The molecule has 1 aromatic rings. The Morgan fingerprint density at radius 3 is 2.61 bits per heavy atom. The molecular weight excluding hydrogens is 252 g/mol. The maximum Gasteiger partial charge on any atom is 0.233 e. The summed E-state index contributed by atoms with van der Waals surface area (Å²) in [7, 11) is 0. The molecule has 1 amide bonds. The molecule has 1 saturated heterocycles. The largest absolute Gasteiger partial charge is 0.367 e. The molecule has 0 aromatic carbocycles. The normalized spacial score (nSPS) is 17.9. The van der Waals surface area contributed by atoms with Gasteiger partial charge in [-0.1, -0.05) is 0 Å². The van der Waals surface area contributed by atoms with Crippen LogP contribution in [0.3, 0.4) is 0 Å². The van der Waals surface area contributed by atoms with Crippen molar-refractivity contribution < 1.29 is 4.79 Å². The van der Waals surface area contributed by atoms with Crippen molar-refractivity contribution >= 4 is 28.5 Å². The number of carbonyl (C=O) groups is 1. The lowest BCUT2D eigenvalue weighted by Gasteiger charge is -2.34. The molecule has 1 aliphatic rings. The summed E-state index contributed by atoms with van der Waals surface area (Å²) in [6, 6.07) is -0.0847. The fourth-order valence-electron chi connectivity index (χ4n) is 1.91. The molecule has 0 saturated carbocycles. The van der Waals surface area contributed by atoms with Crippen molar-refractivity contribution in [3.05, 3.63) is 0 Å². The highest BCUT2D eigenvalue weighted by Crippen LogP contribution is 2.19. The van der Waals surface area contributed by atoms with Gasteiger partial charge in [0.1, 0.15) is 0 Å². The van der Waals surface area contributed by atoms with Crippen LogP contribution in [0.2, 0.25) is 0 Å². The first-order chi connectivity index (χ1) is 8.56. The Labute approximate surface area is 110 Å². The molecule has 1 aliphatic heterocycles. The molecule has 100 valence electrons. The molecule has 0 aliphatic carbocycles. The number of carbonyl (C=O) groups excluding carboxylic acids is 1. The van der Waals surface area contributed by atoms with Gasteiger partial charge in [-0.05, 0) is 6.92 Å². The monoisotopic (exact) mass is 270 g/mol. The zero-order valence-electron chi connectivity index (χ0n) is 10.4. The summed E-state index contributed by atoms with van der Waals surface area (Å²) in [4.78, 5) is 19.9. The standard InChI is InChI=1S/C10H18N6OS/c1-7(11)6-8(17)15-2-4-16(5-3-15)10-13-9(12)14-18-10/h7H,2-6,11H2,1H3,(H2,12,14). The Bertz CT molecular complexity index is 412. The van der Waals surface area contributed by atoms with Crippen molar-refractivity contribution in [3.63, 3.8) is 0 Å². The molecular formula is C10H18N6OS. The maximum absolute atomic E-state index is 11.8. The Hall–Kier alpha value is -1.41. The molecule has 18 heavy (non-hydrogen) atoms. The topological polar surface area (TPSA) is 101 Å². The molecule has 0 radical (unpaired) electrons. The van der Waals surface area contributed by atoms with Crippen LogP contribution < -0.4 is 16.4 Å². The molecule has 7 nitrogen and oxygen atoms in total. The minimum Gasteiger partial charge on any atom is -0.367 e. The molecule has 8 heteroatoms. The lowest BCUT2D eigenvalue weighted by molar-refractivity contribution is -0.131. The molecule has 1 fully saturated rings. The van der Waals surface area contributed by atoms with E-state index in [2.05, 4.69) is 14.3 Å². The van der Waals surface area contributed by atoms with Gasteiger partial charge in [0.25, 0.3) is 0 Å². The number of piperazine rings is 1. The Kier molecular flexibility index (Phi) is 3.97. The third kappa shape index (κ3) is 3.08. The first kappa shape index (κ1) is 13.0. The number of hydrogen-bond acceptors (Lipinski definition) is 7. The van der Waals surface area contributed by atoms with E-state index in [0.29, 0.717) is 25.5 Å². The lowest BCUT2D eigenvalue weighted by Crippen LogP contribution is -2.49. The van der Waals surface area contributed by atoms with Crippen molar-refractivity contribution in [1.29, 1.82) is 0 Å². The van der Waals surface area contributed by atoms with Crippen LogP contribution in [0.4, 0.5) is 11.1 Å². The van der Waals surface area contributed by atoms with Crippen LogP contribution >= 0.6 is 11.5 Å². The zero-order chi connectivity index (χ0) is 13.1. The predicted octanol–water partition coefficient (Wildman–Crippen LogP) is -0.494. The minimum atomic E-state index is -0.0847. The number of hydrogen-bond donors (Lipinski definition) is 2. The second-order valence-electron chi connectivity index (χ2n) is 4.48. The van der Waals surface area contributed by atoms with E-state index in [9.17, 15) is 4.79 Å². The third-order valence-corrected chi connectivity index (χ3v) is 3.62. The highest BCUT2D eigenvalue weighted by molar-refractivity contribution is 7.09. The van der Waals surface area contributed by atoms with E-state index >= 15 is 0 Å². The molecule has 0 spiro atoms. The first-order valence-electron chi connectivity index (χ1n) is 5.93. The van der Waals surface area contributed by atoms with Gasteiger partial charge in [0.15, 0.2) is 0 Å². The van der Waals surface area contributed by atoms with Gasteiger partial charge >= 0.3 is 0 Å². The maximum atomic E-state index is 11.8. The summed E-state index contributed by atoms with van der Waals surface area (Å²) >= 11 is 1.29. The number of anilines is 2. The Morgan fingerprint density at radius 2 is 2.11 bits per heavy atom. The quantitative estimate of drug-likeness (QED) is 0.768. The van der Waals surface area contributed by atoms with Crippen LogP contribution in [0, 0.1) is 0 Å². The van der Waals surface area contributed by atoms with Crippen molar-refractivity contribution in [2.45, 2.75) is 19.4 Å². The molecule has 1 aromatic heterocycles. The van der Waals surface area contributed by atoms with Crippen LogP contribution in [0.15, 0.2) is 0 Å². The van der Waals surface area contributed by atoms with Crippen LogP contribution in [0.1, 0.15) is 13.3 Å². The summed E-state index contributed by atoms with van der Waals surface area (Å²) in [5.74, 6) is 0.437. The summed E-state index contributed by atoms with van der Waals surface area (Å²) in [6.07, 6.45) is 0.408. The van der Waals surface area contributed by atoms with Crippen LogP contribution in [0.5, 0.6) is 0 Å². The van der Waals surface area contributed by atoms with E-state index in [1.165, 1.54) is 11.5 Å². The molecule has 2 heterocycles. The smallest absolute Gasteiger partial charge is 0.233 e. The van der Waals surface area contributed by atoms with Gasteiger partial charge in [-0.25, -0.2) is 0 Å². The van der Waals surface area contributed by atoms with E-state index < -0.39 is 0 Å². The fraction of sp³-hybridized carbons (Fsp3) is 0.700. The second kappa shape index (κ2) is 5.49. The summed E-state index contributed by atoms with van der Waals surface area (Å²) in [5.41, 5.74) is 11.1. The van der Waals surface area contributed by atoms with E-state index in [0.717, 1.165) is 18.2 Å². The Morgan fingerprint density at radius 1 is 1.44 bits per heavy atom. The number of amides is 1. The first-order valence-corrected chi connectivity index (χ1v) is 6.71. The van der Waals surface area contributed by atoms with E-state index in [1.54, 1.807) is 0 Å². The van der Waals surface area contributed by atoms with Crippen LogP contribution in [0.25, 0.3) is 0 Å². The van der Waals surface area contributed by atoms with Gasteiger partial charge in [-0.15, -0.1) is 0 Å². The number of nitrogen functional groups attached to an aromatic ring is 1. The van der Waals surface area contributed by atoms with Gasteiger partial charge in [0.05, 0.1) is 0 Å². The zero-order valence-corrected chi connectivity index (χ0v) is 11.2. The Balaban J connectivity index is 1.86. The number of aromatic nitrogens is 2.